The van der Waals surface area contributed by atoms with E-state index in [0.29, 0.717) is 54.4 Å². The molecule has 0 aromatic heterocycles. The number of halogens is 1. The number of piperidine rings is 4. The van der Waals surface area contributed by atoms with Crippen LogP contribution in [0.2, 0.25) is 5.02 Å². The molecule has 6 aliphatic heterocycles. The Balaban J connectivity index is 0.000000133. The highest BCUT2D eigenvalue weighted by atomic mass is 35.5. The highest BCUT2D eigenvalue weighted by Gasteiger charge is 2.46. The average Bonchev–Trinajstić information content (AvgIpc) is 1.72. The van der Waals surface area contributed by atoms with E-state index in [2.05, 4.69) is 147 Å². The summed E-state index contributed by atoms with van der Waals surface area (Å²) < 4.78 is 28.1. The molecule has 16 nitrogen and oxygen atoms in total. The highest BCUT2D eigenvalue weighted by molar-refractivity contribution is 6.30. The van der Waals surface area contributed by atoms with E-state index in [1.54, 1.807) is 47.4 Å². The third kappa shape index (κ3) is 22.2. The Morgan fingerprint density at radius 2 is 0.917 bits per heavy atom. The quantitative estimate of drug-likeness (QED) is 0.0528. The number of amides is 2. The molecule has 0 radical (unpaired) electrons. The smallest absolute Gasteiger partial charge is 0.410 e. The topological polar surface area (TPSA) is 145 Å². The molecule has 6 aromatic carbocycles. The van der Waals surface area contributed by atoms with Gasteiger partial charge in [-0.1, -0.05) is 109 Å². The van der Waals surface area contributed by atoms with Crippen LogP contribution >= 0.6 is 11.6 Å². The molecule has 121 heavy (non-hydrogen) atoms. The predicted molar refractivity (Wildman–Crippen MR) is 490 cm³/mol. The summed E-state index contributed by atoms with van der Waals surface area (Å²) in [6.45, 7) is 20.8. The third-order valence-corrected chi connectivity index (χ3v) is 30.6. The number of rotatable bonds is 20. The van der Waals surface area contributed by atoms with Crippen LogP contribution < -0.4 is 18.9 Å². The van der Waals surface area contributed by atoms with Crippen LogP contribution in [-0.4, -0.2) is 191 Å². The van der Waals surface area contributed by atoms with E-state index in [4.69, 9.17) is 40.1 Å². The lowest BCUT2D eigenvalue weighted by atomic mass is 9.84. The van der Waals surface area contributed by atoms with Crippen molar-refractivity contribution in [2.24, 2.45) is 28.8 Å². The first-order chi connectivity index (χ1) is 58.8. The summed E-state index contributed by atoms with van der Waals surface area (Å²) in [5.74, 6) is 10.3. The highest BCUT2D eigenvalue weighted by Crippen LogP contribution is 2.50. The number of nitriles is 1. The number of carbonyl (C=O) groups is 2. The Morgan fingerprint density at radius 1 is 0.471 bits per heavy atom. The predicted octanol–water partition coefficient (Wildman–Crippen LogP) is 22.7. The zero-order valence-electron chi connectivity index (χ0n) is 75.2. The van der Waals surface area contributed by atoms with Gasteiger partial charge in [-0.05, 0) is 399 Å². The standard InChI is InChI=1S/C31H40N2O.C28H36N2O2.C24H36N2O3.C21H31ClN2O2/c1-31(2,21-32)27-10-7-24(8-11-27)26-9-13-30(34-3)29(20-26)25-14-16-33(17-15-25)28-12-6-22-4-5-23(18-22)19-28;1-29(2)28(31)22-8-6-20(7-9-22)23-10-11-27(32-3)25(18-23)21-12-14-30(15-13-21)26-17-19-4-5-24(26)16-19;1-4-29-24(27)26-19-6-8-20(16-21(26)9-7-19)25-13-11-18(12-14-25)22-15-17(2)5-10-23(22)28-3;1-3-14-26-23-18-5-7-19(8-6-18)24-12-10-16(11-13-24)20-15-17(22)4-9-21(20)25-2/h7-11,13,20,22-23,25,28H,4-6,12,14-19H2,1-3H3;6-11,18-19,21,24,26H,4-5,12-17H2,1-3H3;5,10,15,18-21H,4,6-9,11-14,16H2,1-3H3;4,9,15-16,19H,3,5-8,10-14H2,1-2H3/t;19-,24?,26+;19-,20?,21?;/m.00./s1. The normalized spacial score (nSPS) is 25.7. The van der Waals surface area contributed by atoms with Crippen LogP contribution in [0.3, 0.4) is 0 Å². The molecule has 6 aromatic rings. The molecule has 6 saturated heterocycles. The van der Waals surface area contributed by atoms with E-state index in [-0.39, 0.29) is 12.0 Å². The fraction of sp³-hybridized carbons (Fsp3) is 0.615. The molecule has 5 saturated carbocycles. The van der Waals surface area contributed by atoms with E-state index in [1.807, 2.05) is 45.0 Å². The van der Waals surface area contributed by atoms with Gasteiger partial charge in [-0.25, -0.2) is 4.79 Å². The second kappa shape index (κ2) is 42.4. The van der Waals surface area contributed by atoms with Gasteiger partial charge in [0.1, 0.15) is 29.6 Å². The van der Waals surface area contributed by atoms with Gasteiger partial charge in [0.15, 0.2) is 0 Å². The minimum Gasteiger partial charge on any atom is -0.496 e. The van der Waals surface area contributed by atoms with Crippen molar-refractivity contribution in [3.8, 4) is 51.3 Å². The summed E-state index contributed by atoms with van der Waals surface area (Å²) in [5, 5.41) is 14.5. The van der Waals surface area contributed by atoms with Gasteiger partial charge in [-0.15, -0.1) is 0 Å². The number of ether oxygens (including phenoxy) is 5. The Kier molecular flexibility index (Phi) is 31.4. The van der Waals surface area contributed by atoms with Crippen LogP contribution in [0.1, 0.15) is 275 Å². The minimum absolute atomic E-state index is 0.0363. The van der Waals surface area contributed by atoms with Gasteiger partial charge in [-0.2, -0.15) is 5.26 Å². The lowest BCUT2D eigenvalue weighted by Gasteiger charge is -2.40. The number of oxime groups is 1. The molecule has 11 aliphatic rings. The van der Waals surface area contributed by atoms with Crippen molar-refractivity contribution in [2.75, 3.05) is 108 Å². The first kappa shape index (κ1) is 89.6. The molecule has 6 unspecified atom stereocenters. The van der Waals surface area contributed by atoms with Crippen LogP contribution in [0, 0.1) is 41.9 Å². The van der Waals surface area contributed by atoms with E-state index in [9.17, 15) is 14.9 Å². The van der Waals surface area contributed by atoms with Crippen molar-refractivity contribution >= 4 is 29.3 Å². The van der Waals surface area contributed by atoms with Crippen LogP contribution in [0.5, 0.6) is 23.0 Å². The van der Waals surface area contributed by atoms with Crippen LogP contribution in [0.15, 0.2) is 126 Å². The van der Waals surface area contributed by atoms with Crippen molar-refractivity contribution in [3.63, 3.8) is 0 Å². The Morgan fingerprint density at radius 3 is 1.43 bits per heavy atom. The molecular weight excluding hydrogens is 1520 g/mol. The second-order valence-electron chi connectivity index (χ2n) is 38.3. The molecule has 0 N–H and O–H groups in total. The fourth-order valence-electron chi connectivity index (χ4n) is 23.5. The molecule has 6 heterocycles. The second-order valence-corrected chi connectivity index (χ2v) is 38.7. The zero-order chi connectivity index (χ0) is 84.7. The SMILES string of the molecule is CCCON=C1CCC(N2CCC(c3cc(Cl)ccc3OC)CC2)CC1.CCOC(=O)N1C2CC[C@@H]1CCC(N1CCC(c3cc(C)ccc3OC)CC1)C2.COc1ccc(-c2ccc(C(=O)N(C)C)cc2)cc1C1CCN([C@@H]2C[C@H]3CCC2C3)CC1.COc1ccc(-c2ccc(C(C)(C)C#N)cc2)cc1C1CCN(C2CCC3CCC(C3)C2)CC1. The number of fused-ring (bicyclic) bond motifs is 6. The summed E-state index contributed by atoms with van der Waals surface area (Å²) in [6, 6.07) is 48.4. The van der Waals surface area contributed by atoms with Crippen molar-refractivity contribution in [1.29, 1.82) is 5.26 Å². The summed E-state index contributed by atoms with van der Waals surface area (Å²) in [6.07, 6.45) is 35.5. The average molecular weight is 1670 g/mol. The molecule has 11 fully saturated rings. The lowest BCUT2D eigenvalue weighted by molar-refractivity contribution is 0.0824. The Labute approximate surface area is 731 Å². The van der Waals surface area contributed by atoms with Crippen molar-refractivity contribution in [3.05, 3.63) is 165 Å². The summed E-state index contributed by atoms with van der Waals surface area (Å²) >= 11 is 6.22. The van der Waals surface area contributed by atoms with Crippen molar-refractivity contribution < 1.29 is 38.1 Å². The van der Waals surface area contributed by atoms with E-state index >= 15 is 0 Å². The molecule has 17 rings (SSSR count). The van der Waals surface area contributed by atoms with Gasteiger partial charge in [0, 0.05) is 60.9 Å². The van der Waals surface area contributed by atoms with Crippen LogP contribution in [-0.2, 0) is 15.0 Å². The Bertz CT molecular complexity index is 4410. The van der Waals surface area contributed by atoms with Gasteiger partial charge in [0.05, 0.1) is 52.2 Å². The summed E-state index contributed by atoms with van der Waals surface area (Å²) in [4.78, 5) is 44.7. The molecule has 6 bridgehead atoms. The number of benzene rings is 6. The maximum absolute atomic E-state index is 12.5. The third-order valence-electron chi connectivity index (χ3n) is 30.4. The van der Waals surface area contributed by atoms with Crippen LogP contribution in [0.4, 0.5) is 4.79 Å². The number of likely N-dealkylation sites (tertiary alicyclic amines) is 4. The Hall–Kier alpha value is -7.65. The maximum atomic E-state index is 12.5. The van der Waals surface area contributed by atoms with Gasteiger partial charge >= 0.3 is 6.09 Å². The molecular formula is C104H143ClN8O8. The van der Waals surface area contributed by atoms with Crippen molar-refractivity contribution in [1.82, 2.24) is 29.4 Å². The van der Waals surface area contributed by atoms with Gasteiger partial charge < -0.3 is 57.9 Å². The van der Waals surface area contributed by atoms with Gasteiger partial charge in [0.25, 0.3) is 5.91 Å². The number of hydrogen-bond donors (Lipinski definition) is 0. The van der Waals surface area contributed by atoms with E-state index in [1.165, 1.54) is 211 Å². The number of aryl methyl sites for hydroxylation is 1. The van der Waals surface area contributed by atoms with E-state index in [0.717, 1.165) is 158 Å². The first-order valence-electron chi connectivity index (χ1n) is 47.1. The molecule has 654 valence electrons. The van der Waals surface area contributed by atoms with E-state index < -0.39 is 5.41 Å². The fourth-order valence-corrected chi connectivity index (χ4v) is 23.6. The molecule has 9 atom stereocenters. The number of methoxy groups -OCH3 is 4. The largest absolute Gasteiger partial charge is 0.496 e. The summed E-state index contributed by atoms with van der Waals surface area (Å²) in [5.41, 5.74) is 14.0. The molecule has 5 aliphatic carbocycles. The van der Waals surface area contributed by atoms with Crippen molar-refractivity contribution in [2.45, 2.75) is 280 Å². The molecule has 17 heteroatoms. The zero-order valence-corrected chi connectivity index (χ0v) is 76.0. The van der Waals surface area contributed by atoms with Gasteiger partial charge in [-0.3, -0.25) is 4.79 Å². The number of nitrogens with zero attached hydrogens (tertiary/aromatic N) is 8. The summed E-state index contributed by atoms with van der Waals surface area (Å²) in [7, 11) is 10.7. The molecule has 0 spiro atoms. The first-order valence-corrected chi connectivity index (χ1v) is 47.5. The van der Waals surface area contributed by atoms with Gasteiger partial charge in [0.2, 0.25) is 0 Å². The number of carbonyl (C=O) groups excluding carboxylic acids is 2. The maximum Gasteiger partial charge on any atom is 0.410 e. The minimum atomic E-state index is -0.464. The lowest BCUT2D eigenvalue weighted by Crippen LogP contribution is -2.44. The monoisotopic (exact) mass is 1670 g/mol. The van der Waals surface area contributed by atoms with Crippen LogP contribution in [0.25, 0.3) is 22.3 Å². The molecule has 2 amide bonds. The number of hydrogen-bond acceptors (Lipinski definition) is 14.